The number of hydrogen-bond donors (Lipinski definition) is 1. The summed E-state index contributed by atoms with van der Waals surface area (Å²) in [6.07, 6.45) is -4.41. The number of benzene rings is 2. The molecule has 0 aliphatic carbocycles. The minimum absolute atomic E-state index is 0. The number of hydrogen-bond acceptors (Lipinski definition) is 3. The lowest BCUT2D eigenvalue weighted by molar-refractivity contribution is -0.137. The molecule has 2 aromatic carbocycles. The molecule has 0 spiro atoms. The largest absolute Gasteiger partial charge is 0.486 e. The van der Waals surface area contributed by atoms with Gasteiger partial charge >= 0.3 is 6.18 Å². The molecular weight excluding hydrogens is 331 g/mol. The number of fused-ring (bicyclic) bond motifs is 1. The van der Waals surface area contributed by atoms with E-state index in [0.717, 1.165) is 12.1 Å². The third kappa shape index (κ3) is 3.71. The number of rotatable bonds is 2. The molecule has 23 heavy (non-hydrogen) atoms. The Bertz CT molecular complexity index is 704. The fourth-order valence-corrected chi connectivity index (χ4v) is 2.36. The van der Waals surface area contributed by atoms with Crippen LogP contribution in [0.4, 0.5) is 13.2 Å². The van der Waals surface area contributed by atoms with Gasteiger partial charge in [-0.1, -0.05) is 6.07 Å². The van der Waals surface area contributed by atoms with Crippen LogP contribution in [0.25, 0.3) is 11.1 Å². The fourth-order valence-electron chi connectivity index (χ4n) is 2.36. The predicted octanol–water partition coefficient (Wildman–Crippen LogP) is 4.02. The zero-order chi connectivity index (χ0) is 15.7. The Balaban J connectivity index is 0.00000192. The van der Waals surface area contributed by atoms with Gasteiger partial charge in [0.2, 0.25) is 0 Å². The standard InChI is InChI=1S/C16H14F3NO2.ClH/c17-16(18,19)13-6-10(9-20)5-12(7-13)11-1-2-14-15(8-11)22-4-3-21-14;/h1-2,5-8H,3-4,9,20H2;1H. The van der Waals surface area contributed by atoms with Crippen LogP contribution in [0.1, 0.15) is 11.1 Å². The number of alkyl halides is 3. The smallest absolute Gasteiger partial charge is 0.416 e. The number of nitrogens with two attached hydrogens (primary N) is 1. The van der Waals surface area contributed by atoms with Crippen molar-refractivity contribution >= 4 is 12.4 Å². The zero-order valence-corrected chi connectivity index (χ0v) is 12.8. The predicted molar refractivity (Wildman–Crippen MR) is 83.0 cm³/mol. The van der Waals surface area contributed by atoms with Crippen molar-refractivity contribution in [2.75, 3.05) is 13.2 Å². The fraction of sp³-hybridized carbons (Fsp3) is 0.250. The quantitative estimate of drug-likeness (QED) is 0.894. The first-order chi connectivity index (χ1) is 10.5. The van der Waals surface area contributed by atoms with E-state index in [2.05, 4.69) is 0 Å². The van der Waals surface area contributed by atoms with E-state index in [0.29, 0.717) is 41.4 Å². The van der Waals surface area contributed by atoms with Crippen LogP contribution in [0.5, 0.6) is 11.5 Å². The second-order valence-electron chi connectivity index (χ2n) is 4.98. The topological polar surface area (TPSA) is 44.5 Å². The van der Waals surface area contributed by atoms with Gasteiger partial charge in [-0.2, -0.15) is 13.2 Å². The summed E-state index contributed by atoms with van der Waals surface area (Å²) in [5, 5.41) is 0. The monoisotopic (exact) mass is 345 g/mol. The Kier molecular flexibility index (Phi) is 5.06. The Morgan fingerprint density at radius 1 is 0.913 bits per heavy atom. The first-order valence-corrected chi connectivity index (χ1v) is 6.78. The molecular formula is C16H15ClF3NO2. The molecule has 2 N–H and O–H groups in total. The highest BCUT2D eigenvalue weighted by Crippen LogP contribution is 2.37. The summed E-state index contributed by atoms with van der Waals surface area (Å²) in [6.45, 7) is 0.932. The van der Waals surface area contributed by atoms with Gasteiger partial charge in [0.15, 0.2) is 11.5 Å². The molecule has 3 rings (SSSR count). The SMILES string of the molecule is Cl.NCc1cc(-c2ccc3c(c2)OCCO3)cc(C(F)(F)F)c1. The lowest BCUT2D eigenvalue weighted by atomic mass is 9.99. The van der Waals surface area contributed by atoms with E-state index in [1.54, 1.807) is 24.3 Å². The first-order valence-electron chi connectivity index (χ1n) is 6.78. The lowest BCUT2D eigenvalue weighted by Gasteiger charge is -2.19. The molecule has 3 nitrogen and oxygen atoms in total. The Hall–Kier alpha value is -1.92. The average molecular weight is 346 g/mol. The summed E-state index contributed by atoms with van der Waals surface area (Å²) >= 11 is 0. The summed E-state index contributed by atoms with van der Waals surface area (Å²) in [5.74, 6) is 1.14. The van der Waals surface area contributed by atoms with Crippen LogP contribution in [0, 0.1) is 0 Å². The van der Waals surface area contributed by atoms with Gasteiger partial charge in [-0.3, -0.25) is 0 Å². The van der Waals surface area contributed by atoms with Gasteiger partial charge in [0.1, 0.15) is 13.2 Å². The zero-order valence-electron chi connectivity index (χ0n) is 12.0. The van der Waals surface area contributed by atoms with E-state index in [1.165, 1.54) is 0 Å². The maximum absolute atomic E-state index is 13.0. The van der Waals surface area contributed by atoms with E-state index < -0.39 is 11.7 Å². The maximum Gasteiger partial charge on any atom is 0.416 e. The molecule has 1 heterocycles. The van der Waals surface area contributed by atoms with E-state index in [4.69, 9.17) is 15.2 Å². The minimum atomic E-state index is -4.41. The Morgan fingerprint density at radius 2 is 1.61 bits per heavy atom. The molecule has 124 valence electrons. The van der Waals surface area contributed by atoms with Crippen molar-refractivity contribution < 1.29 is 22.6 Å². The molecule has 7 heteroatoms. The first kappa shape index (κ1) is 17.4. The highest BCUT2D eigenvalue weighted by molar-refractivity contribution is 5.85. The molecule has 0 amide bonds. The Labute approximate surface area is 137 Å². The summed E-state index contributed by atoms with van der Waals surface area (Å²) in [5.41, 5.74) is 6.31. The van der Waals surface area contributed by atoms with Crippen molar-refractivity contribution in [2.24, 2.45) is 5.73 Å². The maximum atomic E-state index is 13.0. The van der Waals surface area contributed by atoms with E-state index >= 15 is 0 Å². The van der Waals surface area contributed by atoms with Gasteiger partial charge in [-0.05, 0) is 47.0 Å². The van der Waals surface area contributed by atoms with Crippen molar-refractivity contribution in [1.29, 1.82) is 0 Å². The molecule has 0 bridgehead atoms. The van der Waals surface area contributed by atoms with Crippen molar-refractivity contribution in [1.82, 2.24) is 0 Å². The average Bonchev–Trinajstić information content (AvgIpc) is 2.53. The van der Waals surface area contributed by atoms with Gasteiger partial charge < -0.3 is 15.2 Å². The van der Waals surface area contributed by atoms with Gasteiger partial charge in [0.05, 0.1) is 5.56 Å². The second kappa shape index (κ2) is 6.68. The second-order valence-corrected chi connectivity index (χ2v) is 4.98. The highest BCUT2D eigenvalue weighted by Gasteiger charge is 2.31. The van der Waals surface area contributed by atoms with Crippen LogP contribution >= 0.6 is 12.4 Å². The van der Waals surface area contributed by atoms with Crippen LogP contribution in [0.2, 0.25) is 0 Å². The molecule has 0 fully saturated rings. The highest BCUT2D eigenvalue weighted by atomic mass is 35.5. The summed E-state index contributed by atoms with van der Waals surface area (Å²) in [7, 11) is 0. The van der Waals surface area contributed by atoms with Gasteiger partial charge in [-0.25, -0.2) is 0 Å². The normalized spacial score (nSPS) is 13.4. The third-order valence-electron chi connectivity index (χ3n) is 3.43. The number of ether oxygens (including phenoxy) is 2. The number of halogens is 4. The van der Waals surface area contributed by atoms with Crippen LogP contribution in [-0.4, -0.2) is 13.2 Å². The third-order valence-corrected chi connectivity index (χ3v) is 3.43. The van der Waals surface area contributed by atoms with E-state index in [1.807, 2.05) is 0 Å². The van der Waals surface area contributed by atoms with Crippen molar-refractivity contribution in [2.45, 2.75) is 12.7 Å². The van der Waals surface area contributed by atoms with Crippen LogP contribution < -0.4 is 15.2 Å². The molecule has 0 unspecified atom stereocenters. The molecule has 0 radical (unpaired) electrons. The molecule has 1 aliphatic rings. The van der Waals surface area contributed by atoms with Crippen LogP contribution in [-0.2, 0) is 12.7 Å². The molecule has 1 aliphatic heterocycles. The summed E-state index contributed by atoms with van der Waals surface area (Å²) in [4.78, 5) is 0. The van der Waals surface area contributed by atoms with Gasteiger partial charge in [0.25, 0.3) is 0 Å². The van der Waals surface area contributed by atoms with Crippen LogP contribution in [0.15, 0.2) is 36.4 Å². The molecule has 0 saturated heterocycles. The molecule has 0 aromatic heterocycles. The molecule has 2 aromatic rings. The van der Waals surface area contributed by atoms with Crippen LogP contribution in [0.3, 0.4) is 0 Å². The van der Waals surface area contributed by atoms with Crippen molar-refractivity contribution in [3.8, 4) is 22.6 Å². The lowest BCUT2D eigenvalue weighted by Crippen LogP contribution is -2.15. The summed E-state index contributed by atoms with van der Waals surface area (Å²) < 4.78 is 49.8. The van der Waals surface area contributed by atoms with E-state index in [-0.39, 0.29) is 19.0 Å². The van der Waals surface area contributed by atoms with Crippen molar-refractivity contribution in [3.05, 3.63) is 47.5 Å². The van der Waals surface area contributed by atoms with Crippen molar-refractivity contribution in [3.63, 3.8) is 0 Å². The van der Waals surface area contributed by atoms with Gasteiger partial charge in [0, 0.05) is 6.54 Å². The van der Waals surface area contributed by atoms with Gasteiger partial charge in [-0.15, -0.1) is 12.4 Å². The molecule has 0 atom stereocenters. The summed E-state index contributed by atoms with van der Waals surface area (Å²) in [6, 6.07) is 8.94. The Morgan fingerprint density at radius 3 is 2.26 bits per heavy atom. The molecule has 0 saturated carbocycles. The minimum Gasteiger partial charge on any atom is -0.486 e. The van der Waals surface area contributed by atoms with E-state index in [9.17, 15) is 13.2 Å².